The zero-order valence-corrected chi connectivity index (χ0v) is 15.6. The molecule has 0 saturated carbocycles. The lowest BCUT2D eigenvalue weighted by Crippen LogP contribution is -2.40. The molecule has 1 aliphatic carbocycles. The normalized spacial score (nSPS) is 13.0. The molecule has 5 nitrogen and oxygen atoms in total. The zero-order valence-electron chi connectivity index (χ0n) is 15.6. The van der Waals surface area contributed by atoms with Gasteiger partial charge in [-0.1, -0.05) is 0 Å². The number of aryl methyl sites for hydroxylation is 2. The lowest BCUT2D eigenvalue weighted by molar-refractivity contribution is -0.684. The molecule has 0 saturated heterocycles. The summed E-state index contributed by atoms with van der Waals surface area (Å²) in [4.78, 5) is 12.4. The Labute approximate surface area is 155 Å². The first-order valence-corrected chi connectivity index (χ1v) is 9.40. The number of rotatable bonds is 7. The first-order chi connectivity index (χ1) is 12.7. The Hall–Kier alpha value is -2.56. The molecule has 0 radical (unpaired) electrons. The Bertz CT molecular complexity index is 774. The Morgan fingerprint density at radius 1 is 1.04 bits per heavy atom. The van der Waals surface area contributed by atoms with E-state index in [1.165, 1.54) is 24.0 Å². The lowest BCUT2D eigenvalue weighted by atomic mass is 9.93. The van der Waals surface area contributed by atoms with Crippen molar-refractivity contribution in [2.24, 2.45) is 0 Å². The van der Waals surface area contributed by atoms with Gasteiger partial charge in [-0.05, 0) is 57.2 Å². The van der Waals surface area contributed by atoms with Gasteiger partial charge in [-0.3, -0.25) is 4.79 Å². The standard InChI is InChI=1S/C21H26N2O3/c1-3-25-19-10-9-18(13-20(19)26-4-2)22-21(24)15-23-12-11-16-7-5-6-8-17(16)14-23/h9-14H,3-8,15H2,1-2H3/p+1. The average Bonchev–Trinajstić information content (AvgIpc) is 2.64. The van der Waals surface area contributed by atoms with Crippen LogP contribution in [0, 0.1) is 0 Å². The van der Waals surface area contributed by atoms with E-state index in [0.717, 1.165) is 12.8 Å². The van der Waals surface area contributed by atoms with Crippen LogP contribution >= 0.6 is 0 Å². The monoisotopic (exact) mass is 355 g/mol. The van der Waals surface area contributed by atoms with Crippen molar-refractivity contribution in [1.29, 1.82) is 0 Å². The number of aromatic nitrogens is 1. The van der Waals surface area contributed by atoms with Gasteiger partial charge in [-0.25, -0.2) is 0 Å². The highest BCUT2D eigenvalue weighted by molar-refractivity contribution is 5.90. The number of fused-ring (bicyclic) bond motifs is 1. The van der Waals surface area contributed by atoms with Crippen LogP contribution in [0.2, 0.25) is 0 Å². The van der Waals surface area contributed by atoms with Crippen LogP contribution in [0.5, 0.6) is 11.5 Å². The molecule has 0 bridgehead atoms. The van der Waals surface area contributed by atoms with E-state index in [2.05, 4.69) is 17.6 Å². The van der Waals surface area contributed by atoms with E-state index in [1.807, 2.05) is 42.8 Å². The number of carbonyl (C=O) groups is 1. The molecule has 26 heavy (non-hydrogen) atoms. The van der Waals surface area contributed by atoms with Crippen LogP contribution in [0.3, 0.4) is 0 Å². The highest BCUT2D eigenvalue weighted by Crippen LogP contribution is 2.30. The first kappa shape index (κ1) is 18.2. The van der Waals surface area contributed by atoms with Crippen LogP contribution in [0.4, 0.5) is 5.69 Å². The summed E-state index contributed by atoms with van der Waals surface area (Å²) in [5, 5.41) is 2.94. The number of ether oxygens (including phenoxy) is 2. The number of amides is 1. The third-order valence-corrected chi connectivity index (χ3v) is 4.50. The van der Waals surface area contributed by atoms with Crippen LogP contribution in [0.25, 0.3) is 0 Å². The third kappa shape index (κ3) is 4.54. The van der Waals surface area contributed by atoms with E-state index in [0.29, 0.717) is 36.9 Å². The molecule has 1 aromatic heterocycles. The van der Waals surface area contributed by atoms with Gasteiger partial charge in [0.1, 0.15) is 0 Å². The van der Waals surface area contributed by atoms with Crippen LogP contribution in [-0.2, 0) is 24.2 Å². The molecular weight excluding hydrogens is 328 g/mol. The number of anilines is 1. The van der Waals surface area contributed by atoms with E-state index in [1.54, 1.807) is 0 Å². The van der Waals surface area contributed by atoms with Crippen molar-refractivity contribution in [3.63, 3.8) is 0 Å². The summed E-state index contributed by atoms with van der Waals surface area (Å²) in [7, 11) is 0. The van der Waals surface area contributed by atoms with Crippen molar-refractivity contribution in [1.82, 2.24) is 0 Å². The quantitative estimate of drug-likeness (QED) is 0.776. The van der Waals surface area contributed by atoms with Crippen molar-refractivity contribution < 1.29 is 18.8 Å². The second-order valence-electron chi connectivity index (χ2n) is 6.45. The lowest BCUT2D eigenvalue weighted by Gasteiger charge is -2.14. The highest BCUT2D eigenvalue weighted by atomic mass is 16.5. The largest absolute Gasteiger partial charge is 0.490 e. The maximum Gasteiger partial charge on any atom is 0.290 e. The SMILES string of the molecule is CCOc1ccc(NC(=O)C[n+]2ccc3c(c2)CCCC3)cc1OCC. The molecule has 5 heteroatoms. The minimum Gasteiger partial charge on any atom is -0.490 e. The fourth-order valence-electron chi connectivity index (χ4n) is 3.31. The van der Waals surface area contributed by atoms with E-state index < -0.39 is 0 Å². The molecule has 1 amide bonds. The summed E-state index contributed by atoms with van der Waals surface area (Å²) < 4.78 is 13.1. The van der Waals surface area contributed by atoms with E-state index in [-0.39, 0.29) is 5.91 Å². The molecular formula is C21H27N2O3+. The van der Waals surface area contributed by atoms with Crippen molar-refractivity contribution in [2.45, 2.75) is 46.1 Å². The van der Waals surface area contributed by atoms with E-state index in [9.17, 15) is 4.79 Å². The summed E-state index contributed by atoms with van der Waals surface area (Å²) in [6, 6.07) is 7.62. The van der Waals surface area contributed by atoms with Gasteiger partial charge in [0.2, 0.25) is 6.54 Å². The molecule has 2 aromatic rings. The van der Waals surface area contributed by atoms with Crippen LogP contribution in [-0.4, -0.2) is 19.1 Å². The maximum absolute atomic E-state index is 12.4. The predicted molar refractivity (Wildman–Crippen MR) is 101 cm³/mol. The number of hydrogen-bond acceptors (Lipinski definition) is 3. The molecule has 1 aromatic carbocycles. The van der Waals surface area contributed by atoms with Gasteiger partial charge in [-0.15, -0.1) is 0 Å². The minimum absolute atomic E-state index is 0.0580. The first-order valence-electron chi connectivity index (χ1n) is 9.40. The molecule has 1 N–H and O–H groups in total. The Balaban J connectivity index is 1.67. The molecule has 0 aliphatic heterocycles. The van der Waals surface area contributed by atoms with Crippen LogP contribution in [0.15, 0.2) is 36.7 Å². The number of pyridine rings is 1. The van der Waals surface area contributed by atoms with E-state index in [4.69, 9.17) is 9.47 Å². The maximum atomic E-state index is 12.4. The Morgan fingerprint density at radius 3 is 2.54 bits per heavy atom. The average molecular weight is 355 g/mol. The molecule has 138 valence electrons. The molecule has 1 aliphatic rings. The molecule has 0 spiro atoms. The predicted octanol–water partition coefficient (Wildman–Crippen LogP) is 3.29. The molecule has 0 unspecified atom stereocenters. The highest BCUT2D eigenvalue weighted by Gasteiger charge is 2.16. The molecule has 0 atom stereocenters. The molecule has 1 heterocycles. The van der Waals surface area contributed by atoms with Gasteiger partial charge in [-0.2, -0.15) is 4.57 Å². The van der Waals surface area contributed by atoms with Gasteiger partial charge in [0.15, 0.2) is 23.9 Å². The van der Waals surface area contributed by atoms with Gasteiger partial charge >= 0.3 is 0 Å². The number of carbonyl (C=O) groups excluding carboxylic acids is 1. The van der Waals surface area contributed by atoms with Gasteiger partial charge in [0.05, 0.1) is 13.2 Å². The Morgan fingerprint density at radius 2 is 1.77 bits per heavy atom. The number of benzene rings is 1. The number of nitrogens with zero attached hydrogens (tertiary/aromatic N) is 1. The smallest absolute Gasteiger partial charge is 0.290 e. The van der Waals surface area contributed by atoms with Gasteiger partial charge in [0, 0.05) is 23.4 Å². The van der Waals surface area contributed by atoms with E-state index >= 15 is 0 Å². The van der Waals surface area contributed by atoms with Crippen molar-refractivity contribution in [3.05, 3.63) is 47.8 Å². The number of hydrogen-bond donors (Lipinski definition) is 1. The fourth-order valence-corrected chi connectivity index (χ4v) is 3.31. The summed E-state index contributed by atoms with van der Waals surface area (Å²) >= 11 is 0. The third-order valence-electron chi connectivity index (χ3n) is 4.50. The summed E-state index contributed by atoms with van der Waals surface area (Å²) in [6.07, 6.45) is 8.85. The Kier molecular flexibility index (Phi) is 6.10. The second kappa shape index (κ2) is 8.70. The fraction of sp³-hybridized carbons (Fsp3) is 0.429. The summed E-state index contributed by atoms with van der Waals surface area (Å²) in [6.45, 7) is 5.27. The van der Waals surface area contributed by atoms with Crippen LogP contribution < -0.4 is 19.4 Å². The summed E-state index contributed by atoms with van der Waals surface area (Å²) in [5.41, 5.74) is 3.49. The van der Waals surface area contributed by atoms with Gasteiger partial charge in [0.25, 0.3) is 5.91 Å². The molecule has 0 fully saturated rings. The second-order valence-corrected chi connectivity index (χ2v) is 6.45. The minimum atomic E-state index is -0.0580. The topological polar surface area (TPSA) is 51.4 Å². The van der Waals surface area contributed by atoms with Crippen molar-refractivity contribution in [2.75, 3.05) is 18.5 Å². The van der Waals surface area contributed by atoms with Crippen molar-refractivity contribution >= 4 is 11.6 Å². The summed E-state index contributed by atoms with van der Waals surface area (Å²) in [5.74, 6) is 1.28. The van der Waals surface area contributed by atoms with Crippen molar-refractivity contribution in [3.8, 4) is 11.5 Å². The zero-order chi connectivity index (χ0) is 18.4. The number of nitrogens with one attached hydrogen (secondary N) is 1. The van der Waals surface area contributed by atoms with Crippen LogP contribution in [0.1, 0.15) is 37.8 Å². The molecule has 3 rings (SSSR count). The van der Waals surface area contributed by atoms with Gasteiger partial charge < -0.3 is 14.8 Å².